The van der Waals surface area contributed by atoms with E-state index in [1.54, 1.807) is 19.2 Å². The van der Waals surface area contributed by atoms with Gasteiger partial charge in [0.1, 0.15) is 11.6 Å². The van der Waals surface area contributed by atoms with E-state index in [0.29, 0.717) is 11.4 Å². The third-order valence-electron chi connectivity index (χ3n) is 2.81. The smallest absolute Gasteiger partial charge is 0.274 e. The maximum Gasteiger partial charge on any atom is 0.274 e. The quantitative estimate of drug-likeness (QED) is 0.681. The Morgan fingerprint density at radius 3 is 2.60 bits per heavy atom. The van der Waals surface area contributed by atoms with Crippen LogP contribution in [0, 0.1) is 22.9 Å². The van der Waals surface area contributed by atoms with Crippen molar-refractivity contribution >= 4 is 17.1 Å². The van der Waals surface area contributed by atoms with Gasteiger partial charge in [-0.25, -0.2) is 4.39 Å². The molecule has 20 heavy (non-hydrogen) atoms. The van der Waals surface area contributed by atoms with Crippen LogP contribution in [0.5, 0.6) is 5.75 Å². The molecular weight excluding hydrogens is 263 g/mol. The van der Waals surface area contributed by atoms with Gasteiger partial charge in [-0.15, -0.1) is 0 Å². The van der Waals surface area contributed by atoms with Crippen LogP contribution in [0.15, 0.2) is 36.4 Å². The molecule has 2 aromatic rings. The zero-order chi connectivity index (χ0) is 14.7. The number of halogens is 1. The zero-order valence-electron chi connectivity index (χ0n) is 11.0. The van der Waals surface area contributed by atoms with Crippen molar-refractivity contribution in [1.82, 2.24) is 0 Å². The van der Waals surface area contributed by atoms with Gasteiger partial charge in [-0.2, -0.15) is 0 Å². The number of non-ortho nitro benzene ring substituents is 1. The predicted molar refractivity (Wildman–Crippen MR) is 74.1 cm³/mol. The second-order valence-electron chi connectivity index (χ2n) is 4.26. The van der Waals surface area contributed by atoms with Crippen LogP contribution in [0.2, 0.25) is 0 Å². The number of nitrogens with zero attached hydrogens (tertiary/aromatic N) is 1. The van der Waals surface area contributed by atoms with E-state index in [4.69, 9.17) is 4.74 Å². The van der Waals surface area contributed by atoms with Gasteiger partial charge in [0, 0.05) is 17.4 Å². The first-order valence-electron chi connectivity index (χ1n) is 5.86. The van der Waals surface area contributed by atoms with Crippen LogP contribution < -0.4 is 10.1 Å². The van der Waals surface area contributed by atoms with E-state index in [0.717, 1.165) is 17.3 Å². The molecule has 0 aliphatic rings. The van der Waals surface area contributed by atoms with Gasteiger partial charge < -0.3 is 10.1 Å². The monoisotopic (exact) mass is 276 g/mol. The van der Waals surface area contributed by atoms with Gasteiger partial charge in [-0.05, 0) is 36.8 Å². The molecule has 0 spiro atoms. The third-order valence-corrected chi connectivity index (χ3v) is 2.81. The lowest BCUT2D eigenvalue weighted by Gasteiger charge is -2.11. The molecule has 5 nitrogen and oxygen atoms in total. The van der Waals surface area contributed by atoms with Crippen molar-refractivity contribution < 1.29 is 14.1 Å². The molecule has 0 fully saturated rings. The minimum absolute atomic E-state index is 0.293. The normalized spacial score (nSPS) is 10.2. The van der Waals surface area contributed by atoms with Crippen LogP contribution in [0.4, 0.5) is 21.5 Å². The van der Waals surface area contributed by atoms with Crippen LogP contribution >= 0.6 is 0 Å². The Kier molecular flexibility index (Phi) is 3.84. The summed E-state index contributed by atoms with van der Waals surface area (Å²) in [5, 5.41) is 13.7. The molecule has 0 saturated heterocycles. The largest absolute Gasteiger partial charge is 0.497 e. The Bertz CT molecular complexity index is 659. The minimum atomic E-state index is -0.659. The second-order valence-corrected chi connectivity index (χ2v) is 4.26. The predicted octanol–water partition coefficient (Wildman–Crippen LogP) is 3.79. The molecular formula is C14H13FN2O3. The molecule has 1 N–H and O–H groups in total. The van der Waals surface area contributed by atoms with E-state index in [1.807, 2.05) is 13.0 Å². The number of hydrogen-bond acceptors (Lipinski definition) is 4. The second kappa shape index (κ2) is 5.56. The highest BCUT2D eigenvalue weighted by Crippen LogP contribution is 2.27. The van der Waals surface area contributed by atoms with E-state index >= 15 is 0 Å². The number of rotatable bonds is 4. The Balaban J connectivity index is 2.32. The molecule has 2 rings (SSSR count). The lowest BCUT2D eigenvalue weighted by molar-refractivity contribution is -0.385. The molecule has 0 atom stereocenters. The molecule has 0 radical (unpaired) electrons. The number of benzene rings is 2. The van der Waals surface area contributed by atoms with Crippen molar-refractivity contribution in [3.63, 3.8) is 0 Å². The number of aryl methyl sites for hydroxylation is 1. The first-order valence-corrected chi connectivity index (χ1v) is 5.86. The van der Waals surface area contributed by atoms with Gasteiger partial charge in [0.15, 0.2) is 0 Å². The van der Waals surface area contributed by atoms with Crippen molar-refractivity contribution in [3.8, 4) is 5.75 Å². The van der Waals surface area contributed by atoms with E-state index in [1.165, 1.54) is 12.1 Å². The molecule has 0 heterocycles. The van der Waals surface area contributed by atoms with E-state index in [9.17, 15) is 14.5 Å². The van der Waals surface area contributed by atoms with Gasteiger partial charge in [0.25, 0.3) is 5.69 Å². The Morgan fingerprint density at radius 2 is 2.00 bits per heavy atom. The minimum Gasteiger partial charge on any atom is -0.497 e. The number of nitrogens with one attached hydrogen (secondary N) is 1. The number of nitro benzene ring substituents is 1. The van der Waals surface area contributed by atoms with Crippen molar-refractivity contribution in [2.75, 3.05) is 12.4 Å². The van der Waals surface area contributed by atoms with Crippen LogP contribution in [-0.4, -0.2) is 12.0 Å². The average molecular weight is 276 g/mol. The van der Waals surface area contributed by atoms with E-state index in [2.05, 4.69) is 5.32 Å². The fraction of sp³-hybridized carbons (Fsp3) is 0.143. The van der Waals surface area contributed by atoms with Crippen molar-refractivity contribution in [2.24, 2.45) is 0 Å². The fourth-order valence-corrected chi connectivity index (χ4v) is 1.81. The number of anilines is 2. The van der Waals surface area contributed by atoms with Crippen LogP contribution in [0.25, 0.3) is 0 Å². The summed E-state index contributed by atoms with van der Waals surface area (Å²) in [6.45, 7) is 1.86. The number of methoxy groups -OCH3 is 1. The van der Waals surface area contributed by atoms with E-state index in [-0.39, 0.29) is 5.69 Å². The summed E-state index contributed by atoms with van der Waals surface area (Å²) in [6, 6.07) is 8.71. The van der Waals surface area contributed by atoms with Crippen molar-refractivity contribution in [3.05, 3.63) is 57.9 Å². The first-order chi connectivity index (χ1) is 9.49. The Labute approximate surface area is 115 Å². The summed E-state index contributed by atoms with van der Waals surface area (Å²) in [7, 11) is 1.57. The third kappa shape index (κ3) is 3.03. The number of nitro groups is 1. The summed E-state index contributed by atoms with van der Waals surface area (Å²) in [5.74, 6) is 0.0473. The maximum absolute atomic E-state index is 13.3. The molecule has 6 heteroatoms. The van der Waals surface area contributed by atoms with Crippen LogP contribution in [-0.2, 0) is 0 Å². The van der Waals surface area contributed by atoms with E-state index < -0.39 is 10.7 Å². The SMILES string of the molecule is COc1ccc(Nc2cc(F)cc([N+](=O)[O-])c2)c(C)c1. The summed E-state index contributed by atoms with van der Waals surface area (Å²) in [4.78, 5) is 10.1. The Morgan fingerprint density at radius 1 is 1.25 bits per heavy atom. The zero-order valence-corrected chi connectivity index (χ0v) is 11.0. The number of ether oxygens (including phenoxy) is 1. The molecule has 2 aromatic carbocycles. The standard InChI is InChI=1S/C14H13FN2O3/c1-9-5-13(20-2)3-4-14(9)16-11-6-10(15)7-12(8-11)17(18)19/h3-8,16H,1-2H3. The highest BCUT2D eigenvalue weighted by atomic mass is 19.1. The molecule has 0 saturated carbocycles. The van der Waals surface area contributed by atoms with Gasteiger partial charge >= 0.3 is 0 Å². The van der Waals surface area contributed by atoms with Crippen molar-refractivity contribution in [1.29, 1.82) is 0 Å². The highest BCUT2D eigenvalue weighted by molar-refractivity contribution is 5.66. The molecule has 0 bridgehead atoms. The average Bonchev–Trinajstić information content (AvgIpc) is 2.40. The maximum atomic E-state index is 13.3. The summed E-state index contributed by atoms with van der Waals surface area (Å²) in [5.41, 5.74) is 1.64. The topological polar surface area (TPSA) is 64.4 Å². The van der Waals surface area contributed by atoms with Crippen LogP contribution in [0.3, 0.4) is 0 Å². The molecule has 0 amide bonds. The first kappa shape index (κ1) is 13.8. The molecule has 0 aliphatic heterocycles. The molecule has 0 unspecified atom stereocenters. The molecule has 0 aliphatic carbocycles. The summed E-state index contributed by atoms with van der Waals surface area (Å²) >= 11 is 0. The van der Waals surface area contributed by atoms with Crippen LogP contribution in [0.1, 0.15) is 5.56 Å². The van der Waals surface area contributed by atoms with Gasteiger partial charge in [-0.3, -0.25) is 10.1 Å². The molecule has 0 aromatic heterocycles. The summed E-state index contributed by atoms with van der Waals surface area (Å²) < 4.78 is 18.4. The number of hydrogen-bond donors (Lipinski definition) is 1. The van der Waals surface area contributed by atoms with Gasteiger partial charge in [0.2, 0.25) is 0 Å². The lowest BCUT2D eigenvalue weighted by Crippen LogP contribution is -1.96. The highest BCUT2D eigenvalue weighted by Gasteiger charge is 2.10. The molecule has 104 valence electrons. The summed E-state index contributed by atoms with van der Waals surface area (Å²) in [6.07, 6.45) is 0. The lowest BCUT2D eigenvalue weighted by atomic mass is 10.1. The van der Waals surface area contributed by atoms with Gasteiger partial charge in [0.05, 0.1) is 18.1 Å². The van der Waals surface area contributed by atoms with Gasteiger partial charge in [-0.1, -0.05) is 0 Å². The van der Waals surface area contributed by atoms with Crippen molar-refractivity contribution in [2.45, 2.75) is 6.92 Å². The fourth-order valence-electron chi connectivity index (χ4n) is 1.81. The Hall–Kier alpha value is -2.63.